The van der Waals surface area contributed by atoms with E-state index < -0.39 is 5.41 Å². The third-order valence-electron chi connectivity index (χ3n) is 3.89. The Morgan fingerprint density at radius 1 is 1.00 bits per heavy atom. The fourth-order valence-electron chi connectivity index (χ4n) is 2.66. The minimum absolute atomic E-state index is 0.177. The maximum absolute atomic E-state index is 12.8. The highest BCUT2D eigenvalue weighted by molar-refractivity contribution is 6.10. The molecule has 1 nitrogen and oxygen atoms in total. The number of benzene rings is 2. The van der Waals surface area contributed by atoms with Crippen LogP contribution < -0.4 is 0 Å². The summed E-state index contributed by atoms with van der Waals surface area (Å²) < 4.78 is 0. The monoisotopic (exact) mass is 248 g/mol. The topological polar surface area (TPSA) is 17.1 Å². The molecule has 0 fully saturated rings. The summed E-state index contributed by atoms with van der Waals surface area (Å²) in [6, 6.07) is 16.0. The van der Waals surface area contributed by atoms with Gasteiger partial charge in [-0.15, -0.1) is 0 Å². The van der Waals surface area contributed by atoms with Crippen molar-refractivity contribution in [1.82, 2.24) is 0 Å². The lowest BCUT2D eigenvalue weighted by Gasteiger charge is -2.29. The molecule has 2 aromatic carbocycles. The summed E-state index contributed by atoms with van der Waals surface area (Å²) in [6.45, 7) is 4.05. The van der Waals surface area contributed by atoms with Crippen molar-refractivity contribution in [3.63, 3.8) is 0 Å². The SMILES string of the molecule is Cc1cccc(C2(C)C=Cc3ccccc3C2=O)c1. The average Bonchev–Trinajstić information content (AvgIpc) is 2.43. The molecule has 0 aromatic heterocycles. The molecule has 0 saturated heterocycles. The summed E-state index contributed by atoms with van der Waals surface area (Å²) in [4.78, 5) is 12.8. The number of carbonyl (C=O) groups excluding carboxylic acids is 1. The van der Waals surface area contributed by atoms with E-state index in [0.29, 0.717) is 0 Å². The van der Waals surface area contributed by atoms with Crippen LogP contribution >= 0.6 is 0 Å². The smallest absolute Gasteiger partial charge is 0.177 e. The zero-order valence-corrected chi connectivity index (χ0v) is 11.2. The van der Waals surface area contributed by atoms with E-state index in [2.05, 4.69) is 25.1 Å². The number of Topliss-reactive ketones (excluding diaryl/α,β-unsaturated/α-hetero) is 1. The number of allylic oxidation sites excluding steroid dienone is 1. The number of rotatable bonds is 1. The van der Waals surface area contributed by atoms with Crippen LogP contribution in [-0.4, -0.2) is 5.78 Å². The Bertz CT molecular complexity index is 682. The van der Waals surface area contributed by atoms with Crippen molar-refractivity contribution in [2.75, 3.05) is 0 Å². The first kappa shape index (κ1) is 11.9. The molecule has 1 aliphatic carbocycles. The number of carbonyl (C=O) groups is 1. The fourth-order valence-corrected chi connectivity index (χ4v) is 2.66. The highest BCUT2D eigenvalue weighted by Crippen LogP contribution is 2.35. The third kappa shape index (κ3) is 1.82. The molecule has 3 rings (SSSR count). The molecule has 1 atom stereocenters. The second-order valence-electron chi connectivity index (χ2n) is 5.32. The van der Waals surface area contributed by atoms with E-state index in [1.165, 1.54) is 5.56 Å². The van der Waals surface area contributed by atoms with E-state index in [4.69, 9.17) is 0 Å². The Balaban J connectivity index is 2.16. The van der Waals surface area contributed by atoms with Crippen LogP contribution in [0.1, 0.15) is 34.0 Å². The van der Waals surface area contributed by atoms with Gasteiger partial charge in [-0.2, -0.15) is 0 Å². The fraction of sp³-hybridized carbons (Fsp3) is 0.167. The van der Waals surface area contributed by atoms with Gasteiger partial charge in [0.05, 0.1) is 5.41 Å². The normalized spacial score (nSPS) is 21.3. The number of aryl methyl sites for hydroxylation is 1. The van der Waals surface area contributed by atoms with E-state index >= 15 is 0 Å². The number of hydrogen-bond acceptors (Lipinski definition) is 1. The maximum Gasteiger partial charge on any atom is 0.177 e. The van der Waals surface area contributed by atoms with Crippen molar-refractivity contribution in [1.29, 1.82) is 0 Å². The number of fused-ring (bicyclic) bond motifs is 1. The van der Waals surface area contributed by atoms with Crippen molar-refractivity contribution >= 4 is 11.9 Å². The van der Waals surface area contributed by atoms with Gasteiger partial charge in [0.2, 0.25) is 0 Å². The van der Waals surface area contributed by atoms with Gasteiger partial charge in [0, 0.05) is 5.56 Å². The van der Waals surface area contributed by atoms with Crippen LogP contribution in [-0.2, 0) is 5.41 Å². The molecule has 2 aromatic rings. The molecule has 0 spiro atoms. The van der Waals surface area contributed by atoms with Gasteiger partial charge in [0.25, 0.3) is 0 Å². The van der Waals surface area contributed by atoms with Crippen LogP contribution in [0.15, 0.2) is 54.6 Å². The largest absolute Gasteiger partial charge is 0.293 e. The molecule has 0 N–H and O–H groups in total. The second-order valence-corrected chi connectivity index (χ2v) is 5.32. The Morgan fingerprint density at radius 2 is 1.79 bits per heavy atom. The standard InChI is InChI=1S/C18H16O/c1-13-6-5-8-15(12-13)18(2)11-10-14-7-3-4-9-16(14)17(18)19/h3-12H,1-2H3. The van der Waals surface area contributed by atoms with Crippen LogP contribution in [0.2, 0.25) is 0 Å². The Labute approximate surface area is 113 Å². The second kappa shape index (κ2) is 4.20. The maximum atomic E-state index is 12.8. The Kier molecular flexibility index (Phi) is 2.63. The van der Waals surface area contributed by atoms with E-state index in [1.54, 1.807) is 0 Å². The molecular weight excluding hydrogens is 232 g/mol. The van der Waals surface area contributed by atoms with Gasteiger partial charge in [-0.25, -0.2) is 0 Å². The molecule has 1 heteroatoms. The highest BCUT2D eigenvalue weighted by atomic mass is 16.1. The molecule has 0 heterocycles. The lowest BCUT2D eigenvalue weighted by molar-refractivity contribution is 0.0925. The quantitative estimate of drug-likeness (QED) is 0.740. The van der Waals surface area contributed by atoms with Crippen LogP contribution in [0.4, 0.5) is 0 Å². The lowest BCUT2D eigenvalue weighted by atomic mass is 9.72. The minimum atomic E-state index is -0.555. The molecule has 0 aliphatic heterocycles. The van der Waals surface area contributed by atoms with Gasteiger partial charge in [0.15, 0.2) is 5.78 Å². The summed E-state index contributed by atoms with van der Waals surface area (Å²) in [5, 5.41) is 0. The van der Waals surface area contributed by atoms with E-state index in [1.807, 2.05) is 49.4 Å². The van der Waals surface area contributed by atoms with Gasteiger partial charge in [0.1, 0.15) is 0 Å². The predicted octanol–water partition coefficient (Wildman–Crippen LogP) is 4.16. The molecular formula is C18H16O. The van der Waals surface area contributed by atoms with Crippen LogP contribution in [0.25, 0.3) is 6.08 Å². The lowest BCUT2D eigenvalue weighted by Crippen LogP contribution is -2.33. The van der Waals surface area contributed by atoms with Crippen LogP contribution in [0, 0.1) is 6.92 Å². The molecule has 1 aliphatic rings. The molecule has 0 bridgehead atoms. The first-order valence-corrected chi connectivity index (χ1v) is 6.51. The van der Waals surface area contributed by atoms with Crippen LogP contribution in [0.5, 0.6) is 0 Å². The van der Waals surface area contributed by atoms with Gasteiger partial charge in [-0.05, 0) is 25.0 Å². The third-order valence-corrected chi connectivity index (χ3v) is 3.89. The number of ketones is 1. The number of hydrogen-bond donors (Lipinski definition) is 0. The van der Waals surface area contributed by atoms with Gasteiger partial charge < -0.3 is 0 Å². The van der Waals surface area contributed by atoms with Crippen molar-refractivity contribution in [2.24, 2.45) is 0 Å². The molecule has 0 saturated carbocycles. The summed E-state index contributed by atoms with van der Waals surface area (Å²) in [7, 11) is 0. The van der Waals surface area contributed by atoms with E-state index in [-0.39, 0.29) is 5.78 Å². The van der Waals surface area contributed by atoms with Crippen molar-refractivity contribution in [2.45, 2.75) is 19.3 Å². The van der Waals surface area contributed by atoms with E-state index in [0.717, 1.165) is 16.7 Å². The van der Waals surface area contributed by atoms with Gasteiger partial charge in [-0.3, -0.25) is 4.79 Å². The summed E-state index contributed by atoms with van der Waals surface area (Å²) >= 11 is 0. The Morgan fingerprint density at radius 3 is 2.58 bits per heavy atom. The first-order valence-electron chi connectivity index (χ1n) is 6.51. The molecule has 0 radical (unpaired) electrons. The van der Waals surface area contributed by atoms with Crippen LogP contribution in [0.3, 0.4) is 0 Å². The zero-order chi connectivity index (χ0) is 13.5. The summed E-state index contributed by atoms with van der Waals surface area (Å²) in [5.74, 6) is 0.177. The Hall–Kier alpha value is -2.15. The zero-order valence-electron chi connectivity index (χ0n) is 11.2. The van der Waals surface area contributed by atoms with Crippen molar-refractivity contribution in [3.8, 4) is 0 Å². The summed E-state index contributed by atoms with van der Waals surface area (Å²) in [6.07, 6.45) is 4.07. The van der Waals surface area contributed by atoms with Gasteiger partial charge in [-0.1, -0.05) is 66.2 Å². The molecule has 1 unspecified atom stereocenters. The van der Waals surface area contributed by atoms with E-state index in [9.17, 15) is 4.79 Å². The summed E-state index contributed by atoms with van der Waals surface area (Å²) in [5.41, 5.74) is 3.51. The molecule has 94 valence electrons. The first-order chi connectivity index (χ1) is 9.11. The van der Waals surface area contributed by atoms with Crippen molar-refractivity contribution in [3.05, 3.63) is 76.9 Å². The van der Waals surface area contributed by atoms with Crippen molar-refractivity contribution < 1.29 is 4.79 Å². The molecule has 0 amide bonds. The molecule has 19 heavy (non-hydrogen) atoms. The minimum Gasteiger partial charge on any atom is -0.293 e. The predicted molar refractivity (Wildman–Crippen MR) is 78.3 cm³/mol. The van der Waals surface area contributed by atoms with Gasteiger partial charge >= 0.3 is 0 Å². The highest BCUT2D eigenvalue weighted by Gasteiger charge is 2.36. The average molecular weight is 248 g/mol.